The second-order valence-electron chi connectivity index (χ2n) is 4.11. The van der Waals surface area contributed by atoms with E-state index in [9.17, 15) is 4.79 Å². The van der Waals surface area contributed by atoms with E-state index in [0.29, 0.717) is 12.1 Å². The van der Waals surface area contributed by atoms with E-state index >= 15 is 0 Å². The molecule has 0 amide bonds. The molecule has 2 rings (SSSR count). The van der Waals surface area contributed by atoms with Gasteiger partial charge in [-0.05, 0) is 30.2 Å². The first-order valence-corrected chi connectivity index (χ1v) is 5.87. The summed E-state index contributed by atoms with van der Waals surface area (Å²) >= 11 is 0. The molecule has 0 spiro atoms. The number of rotatable bonds is 4. The Morgan fingerprint density at radius 3 is 2.89 bits per heavy atom. The van der Waals surface area contributed by atoms with Crippen LogP contribution in [-0.4, -0.2) is 23.0 Å². The fourth-order valence-corrected chi connectivity index (χ4v) is 1.65. The van der Waals surface area contributed by atoms with E-state index in [1.54, 1.807) is 18.5 Å². The highest BCUT2D eigenvalue weighted by Gasteiger charge is 2.06. The third kappa shape index (κ3) is 3.28. The van der Waals surface area contributed by atoms with E-state index < -0.39 is 5.97 Å². The normalized spacial score (nSPS) is 10.0. The lowest BCUT2D eigenvalue weighted by atomic mass is 10.1. The zero-order chi connectivity index (χ0) is 13.7. The van der Waals surface area contributed by atoms with Gasteiger partial charge in [-0.1, -0.05) is 0 Å². The molecular formula is C14H15N3O2. The van der Waals surface area contributed by atoms with Gasteiger partial charge >= 0.3 is 5.97 Å². The van der Waals surface area contributed by atoms with Gasteiger partial charge in [-0.15, -0.1) is 0 Å². The van der Waals surface area contributed by atoms with Crippen LogP contribution in [0.2, 0.25) is 0 Å². The maximum Gasteiger partial charge on any atom is 0.339 e. The Morgan fingerprint density at radius 1 is 1.32 bits per heavy atom. The predicted molar refractivity (Wildman–Crippen MR) is 71.9 cm³/mol. The number of hydrogen-bond acceptors (Lipinski definition) is 5. The minimum Gasteiger partial charge on any atom is -0.465 e. The van der Waals surface area contributed by atoms with Gasteiger partial charge in [0.2, 0.25) is 0 Å². The van der Waals surface area contributed by atoms with Gasteiger partial charge in [0, 0.05) is 31.3 Å². The fourth-order valence-electron chi connectivity index (χ4n) is 1.65. The van der Waals surface area contributed by atoms with Gasteiger partial charge in [0.1, 0.15) is 0 Å². The van der Waals surface area contributed by atoms with Crippen molar-refractivity contribution in [1.29, 1.82) is 0 Å². The maximum absolute atomic E-state index is 11.4. The van der Waals surface area contributed by atoms with Gasteiger partial charge in [0.25, 0.3) is 0 Å². The molecule has 0 saturated carbocycles. The fraction of sp³-hybridized carbons (Fsp3) is 0.214. The third-order valence-corrected chi connectivity index (χ3v) is 2.79. The monoisotopic (exact) mass is 257 g/mol. The van der Waals surface area contributed by atoms with Crippen LogP contribution < -0.4 is 5.32 Å². The molecule has 2 aromatic heterocycles. The molecule has 19 heavy (non-hydrogen) atoms. The minimum atomic E-state index is -0.395. The summed E-state index contributed by atoms with van der Waals surface area (Å²) in [5, 5.41) is 3.21. The van der Waals surface area contributed by atoms with Gasteiger partial charge < -0.3 is 10.1 Å². The van der Waals surface area contributed by atoms with Crippen LogP contribution >= 0.6 is 0 Å². The molecule has 98 valence electrons. The number of carbonyl (C=O) groups excluding carboxylic acids is 1. The quantitative estimate of drug-likeness (QED) is 0.850. The maximum atomic E-state index is 11.4. The molecule has 0 unspecified atom stereocenters. The summed E-state index contributed by atoms with van der Waals surface area (Å²) < 4.78 is 4.66. The molecule has 0 radical (unpaired) electrons. The van der Waals surface area contributed by atoms with Gasteiger partial charge in [-0.25, -0.2) is 4.79 Å². The van der Waals surface area contributed by atoms with Crippen LogP contribution in [0.5, 0.6) is 0 Å². The topological polar surface area (TPSA) is 64.1 Å². The summed E-state index contributed by atoms with van der Waals surface area (Å²) in [5.74, 6) is -0.395. The van der Waals surface area contributed by atoms with Gasteiger partial charge in [-0.3, -0.25) is 9.97 Å². The molecule has 2 heterocycles. The SMILES string of the molecule is COC(=O)c1cncc(NCc2cnccc2C)c1. The zero-order valence-corrected chi connectivity index (χ0v) is 10.9. The van der Waals surface area contributed by atoms with Gasteiger partial charge in [0.05, 0.1) is 18.4 Å². The number of nitrogens with one attached hydrogen (secondary N) is 1. The Hall–Kier alpha value is -2.43. The number of ether oxygens (including phenoxy) is 1. The smallest absolute Gasteiger partial charge is 0.339 e. The predicted octanol–water partition coefficient (Wildman–Crippen LogP) is 2.18. The molecule has 1 N–H and O–H groups in total. The Kier molecular flexibility index (Phi) is 4.07. The number of nitrogens with zero attached hydrogens (tertiary/aromatic N) is 2. The van der Waals surface area contributed by atoms with Crippen molar-refractivity contribution in [3.05, 3.63) is 53.6 Å². The first-order chi connectivity index (χ1) is 9.20. The number of anilines is 1. The average molecular weight is 257 g/mol. The van der Waals surface area contributed by atoms with E-state index in [1.807, 2.05) is 19.2 Å². The number of esters is 1. The van der Waals surface area contributed by atoms with E-state index in [4.69, 9.17) is 0 Å². The summed E-state index contributed by atoms with van der Waals surface area (Å²) in [6.45, 7) is 2.66. The molecule has 0 aliphatic heterocycles. The largest absolute Gasteiger partial charge is 0.465 e. The molecule has 0 fully saturated rings. The molecule has 0 aliphatic rings. The van der Waals surface area contributed by atoms with Crippen molar-refractivity contribution in [2.24, 2.45) is 0 Å². The van der Waals surface area contributed by atoms with Crippen molar-refractivity contribution in [3.8, 4) is 0 Å². The number of hydrogen-bond donors (Lipinski definition) is 1. The lowest BCUT2D eigenvalue weighted by molar-refractivity contribution is 0.0600. The van der Waals surface area contributed by atoms with Crippen molar-refractivity contribution in [2.45, 2.75) is 13.5 Å². The molecule has 0 aromatic carbocycles. The molecule has 5 heteroatoms. The minimum absolute atomic E-state index is 0.395. The first kappa shape index (κ1) is 13.0. The van der Waals surface area contributed by atoms with Crippen LogP contribution in [-0.2, 0) is 11.3 Å². The standard InChI is InChI=1S/C14H15N3O2/c1-10-3-4-15-7-12(10)8-17-13-5-11(6-16-9-13)14(18)19-2/h3-7,9,17H,8H2,1-2H3. The summed E-state index contributed by atoms with van der Waals surface area (Å²) in [6, 6.07) is 3.67. The highest BCUT2D eigenvalue weighted by molar-refractivity contribution is 5.89. The lowest BCUT2D eigenvalue weighted by Crippen LogP contribution is -2.05. The number of carbonyl (C=O) groups is 1. The van der Waals surface area contributed by atoms with Crippen LogP contribution in [0, 0.1) is 6.92 Å². The summed E-state index contributed by atoms with van der Waals surface area (Å²) in [7, 11) is 1.35. The molecule has 2 aromatic rings. The Labute approximate surface area is 111 Å². The van der Waals surface area contributed by atoms with Gasteiger partial charge in [0.15, 0.2) is 0 Å². The number of aromatic nitrogens is 2. The van der Waals surface area contributed by atoms with Crippen LogP contribution in [0.25, 0.3) is 0 Å². The van der Waals surface area contributed by atoms with E-state index in [0.717, 1.165) is 11.3 Å². The second-order valence-corrected chi connectivity index (χ2v) is 4.11. The Balaban J connectivity index is 2.08. The highest BCUT2D eigenvalue weighted by Crippen LogP contribution is 2.12. The average Bonchev–Trinajstić information content (AvgIpc) is 2.46. The number of aryl methyl sites for hydroxylation is 1. The van der Waals surface area contributed by atoms with E-state index in [-0.39, 0.29) is 0 Å². The first-order valence-electron chi connectivity index (χ1n) is 5.87. The molecule has 0 aliphatic carbocycles. The van der Waals surface area contributed by atoms with Crippen molar-refractivity contribution in [2.75, 3.05) is 12.4 Å². The Morgan fingerprint density at radius 2 is 2.16 bits per heavy atom. The summed E-state index contributed by atoms with van der Waals surface area (Å²) in [5.41, 5.74) is 3.46. The molecule has 0 atom stereocenters. The van der Waals surface area contributed by atoms with Gasteiger partial charge in [-0.2, -0.15) is 0 Å². The Bertz CT molecular complexity index is 584. The lowest BCUT2D eigenvalue weighted by Gasteiger charge is -2.08. The molecular weight excluding hydrogens is 242 g/mol. The molecule has 0 bridgehead atoms. The van der Waals surface area contributed by atoms with E-state index in [1.165, 1.54) is 18.9 Å². The van der Waals surface area contributed by atoms with Crippen molar-refractivity contribution < 1.29 is 9.53 Å². The second kappa shape index (κ2) is 5.95. The van der Waals surface area contributed by atoms with Crippen LogP contribution in [0.15, 0.2) is 36.9 Å². The summed E-state index contributed by atoms with van der Waals surface area (Å²) in [6.07, 6.45) is 6.72. The van der Waals surface area contributed by atoms with Crippen LogP contribution in [0.1, 0.15) is 21.5 Å². The number of pyridine rings is 2. The molecule has 5 nitrogen and oxygen atoms in total. The molecule has 0 saturated heterocycles. The van der Waals surface area contributed by atoms with E-state index in [2.05, 4.69) is 20.0 Å². The van der Waals surface area contributed by atoms with Crippen molar-refractivity contribution in [3.63, 3.8) is 0 Å². The number of methoxy groups -OCH3 is 1. The van der Waals surface area contributed by atoms with Crippen LogP contribution in [0.3, 0.4) is 0 Å². The van der Waals surface area contributed by atoms with Crippen LogP contribution in [0.4, 0.5) is 5.69 Å². The third-order valence-electron chi connectivity index (χ3n) is 2.79. The zero-order valence-electron chi connectivity index (χ0n) is 10.9. The highest BCUT2D eigenvalue weighted by atomic mass is 16.5. The van der Waals surface area contributed by atoms with Crippen molar-refractivity contribution >= 4 is 11.7 Å². The van der Waals surface area contributed by atoms with Crippen molar-refractivity contribution in [1.82, 2.24) is 9.97 Å². The summed E-state index contributed by atoms with van der Waals surface area (Å²) in [4.78, 5) is 19.5.